The van der Waals surface area contributed by atoms with Gasteiger partial charge in [0, 0.05) is 23.9 Å². The fourth-order valence-electron chi connectivity index (χ4n) is 2.90. The molecule has 0 fully saturated rings. The maximum absolute atomic E-state index is 12.4. The quantitative estimate of drug-likeness (QED) is 0.455. The number of benzene rings is 1. The minimum Gasteiger partial charge on any atom is -0.494 e. The van der Waals surface area contributed by atoms with Crippen LogP contribution in [0.5, 0.6) is 5.75 Å². The van der Waals surface area contributed by atoms with Crippen molar-refractivity contribution in [3.63, 3.8) is 0 Å². The van der Waals surface area contributed by atoms with E-state index in [1.54, 1.807) is 0 Å². The largest absolute Gasteiger partial charge is 0.494 e. The predicted molar refractivity (Wildman–Crippen MR) is 122 cm³/mol. The van der Waals surface area contributed by atoms with Crippen molar-refractivity contribution in [2.45, 2.75) is 45.2 Å². The molecule has 0 radical (unpaired) electrons. The SMILES string of the molecule is CCCCc1nnc(SCC(=O)Nc2nc(-c3ccc(OCC)cc3)c(C)s2)n1C. The van der Waals surface area contributed by atoms with Gasteiger partial charge in [-0.25, -0.2) is 4.98 Å². The first kappa shape index (κ1) is 22.3. The molecule has 3 rings (SSSR count). The summed E-state index contributed by atoms with van der Waals surface area (Å²) in [6.07, 6.45) is 3.10. The van der Waals surface area contributed by atoms with Crippen LogP contribution in [0.2, 0.25) is 0 Å². The van der Waals surface area contributed by atoms with Crippen LogP contribution in [-0.2, 0) is 18.3 Å². The van der Waals surface area contributed by atoms with Gasteiger partial charge in [0.05, 0.1) is 18.1 Å². The standard InChI is InChI=1S/C21H27N5O2S2/c1-5-7-8-17-24-25-21(26(17)4)29-13-18(27)22-20-23-19(14(3)30-20)15-9-11-16(12-10-15)28-6-2/h9-12H,5-8,13H2,1-4H3,(H,22,23,27). The lowest BCUT2D eigenvalue weighted by Gasteiger charge is -2.04. The molecule has 30 heavy (non-hydrogen) atoms. The van der Waals surface area contributed by atoms with E-state index >= 15 is 0 Å². The molecule has 2 aromatic heterocycles. The van der Waals surface area contributed by atoms with Crippen LogP contribution < -0.4 is 10.1 Å². The fourth-order valence-corrected chi connectivity index (χ4v) is 4.48. The van der Waals surface area contributed by atoms with Gasteiger partial charge in [0.15, 0.2) is 10.3 Å². The topological polar surface area (TPSA) is 81.9 Å². The minimum absolute atomic E-state index is 0.106. The van der Waals surface area contributed by atoms with E-state index in [2.05, 4.69) is 27.4 Å². The Kier molecular flexibility index (Phi) is 7.87. The molecule has 0 aliphatic heterocycles. The number of hydrogen-bond acceptors (Lipinski definition) is 7. The fraction of sp³-hybridized carbons (Fsp3) is 0.429. The molecule has 0 unspecified atom stereocenters. The molecular formula is C21H27N5O2S2. The molecule has 0 atom stereocenters. The van der Waals surface area contributed by atoms with E-state index in [4.69, 9.17) is 4.74 Å². The monoisotopic (exact) mass is 445 g/mol. The average molecular weight is 446 g/mol. The zero-order valence-corrected chi connectivity index (χ0v) is 19.4. The van der Waals surface area contributed by atoms with Gasteiger partial charge in [-0.05, 0) is 44.5 Å². The van der Waals surface area contributed by atoms with Crippen LogP contribution in [0.4, 0.5) is 5.13 Å². The summed E-state index contributed by atoms with van der Waals surface area (Å²) in [5.41, 5.74) is 1.88. The minimum atomic E-state index is -0.106. The van der Waals surface area contributed by atoms with Crippen molar-refractivity contribution in [1.29, 1.82) is 0 Å². The van der Waals surface area contributed by atoms with Gasteiger partial charge in [0.2, 0.25) is 5.91 Å². The van der Waals surface area contributed by atoms with Crippen LogP contribution >= 0.6 is 23.1 Å². The summed E-state index contributed by atoms with van der Waals surface area (Å²) >= 11 is 2.86. The summed E-state index contributed by atoms with van der Waals surface area (Å²) in [5.74, 6) is 1.94. The number of aromatic nitrogens is 4. The molecule has 160 valence electrons. The van der Waals surface area contributed by atoms with Crippen LogP contribution in [0.1, 0.15) is 37.4 Å². The highest BCUT2D eigenvalue weighted by Crippen LogP contribution is 2.31. The summed E-state index contributed by atoms with van der Waals surface area (Å²) in [4.78, 5) is 18.1. The van der Waals surface area contributed by atoms with Crippen LogP contribution in [0.25, 0.3) is 11.3 Å². The molecule has 3 aromatic rings. The first-order valence-corrected chi connectivity index (χ1v) is 11.8. The van der Waals surface area contributed by atoms with Gasteiger partial charge in [-0.1, -0.05) is 25.1 Å². The smallest absolute Gasteiger partial charge is 0.236 e. The number of unbranched alkanes of at least 4 members (excludes halogenated alkanes) is 1. The number of nitrogens with one attached hydrogen (secondary N) is 1. The van der Waals surface area contributed by atoms with E-state index in [0.29, 0.717) is 11.7 Å². The van der Waals surface area contributed by atoms with Crippen LogP contribution in [0.3, 0.4) is 0 Å². The zero-order chi connectivity index (χ0) is 21.5. The molecule has 7 nitrogen and oxygen atoms in total. The Morgan fingerprint density at radius 2 is 2.00 bits per heavy atom. The Morgan fingerprint density at radius 3 is 2.70 bits per heavy atom. The third kappa shape index (κ3) is 5.60. The number of carbonyl (C=O) groups excluding carboxylic acids is 1. The number of nitrogens with zero attached hydrogens (tertiary/aromatic N) is 4. The number of rotatable bonds is 10. The van der Waals surface area contributed by atoms with Crippen molar-refractivity contribution in [1.82, 2.24) is 19.7 Å². The lowest BCUT2D eigenvalue weighted by molar-refractivity contribution is -0.113. The third-order valence-corrected chi connectivity index (χ3v) is 6.40. The number of hydrogen-bond donors (Lipinski definition) is 1. The Bertz CT molecular complexity index is 982. The van der Waals surface area contributed by atoms with Gasteiger partial charge >= 0.3 is 0 Å². The Hall–Kier alpha value is -2.39. The van der Waals surface area contributed by atoms with Gasteiger partial charge in [0.1, 0.15) is 11.6 Å². The summed E-state index contributed by atoms with van der Waals surface area (Å²) < 4.78 is 7.45. The Balaban J connectivity index is 1.58. The van der Waals surface area contributed by atoms with E-state index in [1.165, 1.54) is 23.1 Å². The summed E-state index contributed by atoms with van der Waals surface area (Å²) in [6, 6.07) is 7.84. The molecule has 9 heteroatoms. The first-order valence-electron chi connectivity index (χ1n) is 10.0. The molecule has 1 amide bonds. The normalized spacial score (nSPS) is 10.9. The average Bonchev–Trinajstić information content (AvgIpc) is 3.27. The van der Waals surface area contributed by atoms with Gasteiger partial charge < -0.3 is 14.6 Å². The van der Waals surface area contributed by atoms with E-state index < -0.39 is 0 Å². The van der Waals surface area contributed by atoms with Crippen LogP contribution in [0.15, 0.2) is 29.4 Å². The van der Waals surface area contributed by atoms with Gasteiger partial charge in [-0.2, -0.15) is 0 Å². The zero-order valence-electron chi connectivity index (χ0n) is 17.8. The molecule has 0 spiro atoms. The van der Waals surface area contributed by atoms with E-state index in [1.807, 2.05) is 49.7 Å². The van der Waals surface area contributed by atoms with Crippen molar-refractivity contribution < 1.29 is 9.53 Å². The highest BCUT2D eigenvalue weighted by molar-refractivity contribution is 7.99. The molecule has 0 bridgehead atoms. The highest BCUT2D eigenvalue weighted by atomic mass is 32.2. The number of amides is 1. The second-order valence-electron chi connectivity index (χ2n) is 6.78. The van der Waals surface area contributed by atoms with E-state index in [-0.39, 0.29) is 11.7 Å². The Morgan fingerprint density at radius 1 is 1.23 bits per heavy atom. The molecule has 1 aromatic carbocycles. The number of aryl methyl sites for hydroxylation is 2. The second-order valence-corrected chi connectivity index (χ2v) is 8.93. The maximum Gasteiger partial charge on any atom is 0.236 e. The number of thioether (sulfide) groups is 1. The molecule has 2 heterocycles. The van der Waals surface area contributed by atoms with Crippen molar-refractivity contribution in [2.24, 2.45) is 7.05 Å². The van der Waals surface area contributed by atoms with Crippen molar-refractivity contribution in [3.8, 4) is 17.0 Å². The lowest BCUT2D eigenvalue weighted by atomic mass is 10.1. The molecule has 0 saturated heterocycles. The maximum atomic E-state index is 12.4. The third-order valence-electron chi connectivity index (χ3n) is 4.49. The molecule has 0 aliphatic rings. The van der Waals surface area contributed by atoms with Crippen molar-refractivity contribution in [2.75, 3.05) is 17.7 Å². The van der Waals surface area contributed by atoms with E-state index in [0.717, 1.165) is 52.1 Å². The second kappa shape index (κ2) is 10.6. The number of carbonyl (C=O) groups is 1. The molecule has 0 saturated carbocycles. The van der Waals surface area contributed by atoms with Crippen molar-refractivity contribution in [3.05, 3.63) is 35.0 Å². The van der Waals surface area contributed by atoms with Gasteiger partial charge in [-0.15, -0.1) is 21.5 Å². The summed E-state index contributed by atoms with van der Waals surface area (Å²) in [7, 11) is 1.94. The van der Waals surface area contributed by atoms with Crippen LogP contribution in [0, 0.1) is 6.92 Å². The highest BCUT2D eigenvalue weighted by Gasteiger charge is 2.14. The summed E-state index contributed by atoms with van der Waals surface area (Å²) in [5, 5.41) is 12.7. The van der Waals surface area contributed by atoms with E-state index in [9.17, 15) is 4.79 Å². The molecule has 0 aliphatic carbocycles. The predicted octanol–water partition coefficient (Wildman–Crippen LogP) is 4.72. The Labute approximate surface area is 185 Å². The van der Waals surface area contributed by atoms with Crippen molar-refractivity contribution >= 4 is 34.1 Å². The number of anilines is 1. The van der Waals surface area contributed by atoms with Crippen LogP contribution in [-0.4, -0.2) is 38.0 Å². The number of thiazole rings is 1. The summed E-state index contributed by atoms with van der Waals surface area (Å²) in [6.45, 7) is 6.75. The molecule has 1 N–H and O–H groups in total. The lowest BCUT2D eigenvalue weighted by Crippen LogP contribution is -2.14. The molecular weight excluding hydrogens is 418 g/mol. The van der Waals surface area contributed by atoms with Gasteiger partial charge in [-0.3, -0.25) is 4.79 Å². The van der Waals surface area contributed by atoms with Gasteiger partial charge in [0.25, 0.3) is 0 Å². The number of ether oxygens (including phenoxy) is 1. The first-order chi connectivity index (χ1) is 14.5.